The minimum Gasteiger partial charge on any atom is -0.307 e. The van der Waals surface area contributed by atoms with E-state index in [2.05, 4.69) is 42.7 Å². The second-order valence-corrected chi connectivity index (χ2v) is 10.8. The summed E-state index contributed by atoms with van der Waals surface area (Å²) in [4.78, 5) is 7.61. The number of hydrogen-bond donors (Lipinski definition) is 2. The predicted molar refractivity (Wildman–Crippen MR) is 164 cm³/mol. The second-order valence-electron chi connectivity index (χ2n) is 9.25. The van der Waals surface area contributed by atoms with Gasteiger partial charge in [0, 0.05) is 35.7 Å². The van der Waals surface area contributed by atoms with Crippen molar-refractivity contribution in [3.63, 3.8) is 0 Å². The molecular formula is C30H22N6O6S2. The predicted octanol–water partition coefficient (Wildman–Crippen LogP) is 5.69. The molecule has 0 amide bonds. The molecule has 4 aromatic carbocycles. The molecule has 220 valence electrons. The fraction of sp³-hybridized carbons (Fsp3) is 0. The number of nitrogens with zero attached hydrogens (tertiary/aromatic N) is 6. The van der Waals surface area contributed by atoms with Crippen molar-refractivity contribution in [1.82, 2.24) is 30.0 Å². The van der Waals surface area contributed by atoms with Crippen LogP contribution in [0.3, 0.4) is 0 Å². The Kier molecular flexibility index (Phi) is 8.31. The average Bonchev–Trinajstić information content (AvgIpc) is 3.75. The van der Waals surface area contributed by atoms with Crippen LogP contribution in [0.15, 0.2) is 114 Å². The molecule has 1 N–H and O–H groups in total. The third-order valence-corrected chi connectivity index (χ3v) is 7.42. The topological polar surface area (TPSA) is 143 Å². The highest BCUT2D eigenvalue weighted by Gasteiger charge is 2.17. The summed E-state index contributed by atoms with van der Waals surface area (Å²) in [6.45, 7) is 0. The minimum absolute atomic E-state index is 0.186. The fourth-order valence-corrected chi connectivity index (χ4v) is 5.09. The molecule has 44 heavy (non-hydrogen) atoms. The molecule has 0 saturated carbocycles. The fourth-order valence-electron chi connectivity index (χ4n) is 4.35. The summed E-state index contributed by atoms with van der Waals surface area (Å²) in [6.07, 6.45) is 6.29. The molecule has 2 aromatic heterocycles. The van der Waals surface area contributed by atoms with E-state index in [1.165, 1.54) is 27.8 Å². The first-order valence-corrected chi connectivity index (χ1v) is 14.7. The number of rotatable bonds is 10. The molecule has 0 saturated heterocycles. The number of hydrogen-bond acceptors (Lipinski definition) is 10. The highest BCUT2D eigenvalue weighted by molar-refractivity contribution is 7.86. The molecule has 0 bridgehead atoms. The first kappa shape index (κ1) is 29.0. The summed E-state index contributed by atoms with van der Waals surface area (Å²) in [6, 6.07) is 28.5. The van der Waals surface area contributed by atoms with Gasteiger partial charge in [-0.3, -0.25) is 4.55 Å². The Labute approximate surface area is 257 Å². The number of benzene rings is 4. The zero-order chi connectivity index (χ0) is 30.5. The standard InChI is InChI=1S/C30H22N6O6S2/c37-44(38,39)30-18-26(36-32-20-28(34-36)22-9-5-2-6-10-22)16-14-24(30)12-11-23-13-15-25(17-29(23)40-41-42-43)35-31-19-27(33-35)21-7-3-1-4-8-21/h1-20,43H,(H,37,38,39). The second kappa shape index (κ2) is 12.6. The Morgan fingerprint density at radius 1 is 0.705 bits per heavy atom. The highest BCUT2D eigenvalue weighted by atomic mass is 32.2. The van der Waals surface area contributed by atoms with Crippen LogP contribution in [0, 0.1) is 0 Å². The largest absolute Gasteiger partial charge is 0.307 e. The maximum absolute atomic E-state index is 12.4. The van der Waals surface area contributed by atoms with Crippen molar-refractivity contribution in [3.8, 4) is 39.6 Å². The summed E-state index contributed by atoms with van der Waals surface area (Å²) >= 11 is 3.54. The van der Waals surface area contributed by atoms with E-state index in [9.17, 15) is 13.0 Å². The average molecular weight is 627 g/mol. The molecule has 0 aliphatic rings. The lowest BCUT2D eigenvalue weighted by atomic mass is 10.1. The van der Waals surface area contributed by atoms with Gasteiger partial charge in [0.2, 0.25) is 0 Å². The van der Waals surface area contributed by atoms with Crippen molar-refractivity contribution in [3.05, 3.63) is 121 Å². The Bertz CT molecular complexity index is 2050. The smallest absolute Gasteiger partial charge is 0.295 e. The molecule has 14 heteroatoms. The van der Waals surface area contributed by atoms with E-state index < -0.39 is 10.1 Å². The van der Waals surface area contributed by atoms with Crippen LogP contribution in [0.4, 0.5) is 0 Å². The number of aromatic nitrogens is 6. The van der Waals surface area contributed by atoms with Crippen molar-refractivity contribution >= 4 is 35.2 Å². The molecule has 0 spiro atoms. The van der Waals surface area contributed by atoms with Crippen molar-refractivity contribution in [1.29, 1.82) is 0 Å². The van der Waals surface area contributed by atoms with Crippen LogP contribution in [0.5, 0.6) is 5.75 Å². The van der Waals surface area contributed by atoms with Gasteiger partial charge in [0.15, 0.2) is 5.75 Å². The van der Waals surface area contributed by atoms with Crippen molar-refractivity contribution in [2.24, 2.45) is 0 Å². The van der Waals surface area contributed by atoms with Crippen molar-refractivity contribution in [2.75, 3.05) is 0 Å². The van der Waals surface area contributed by atoms with Gasteiger partial charge in [-0.25, -0.2) is 0 Å². The van der Waals surface area contributed by atoms with Gasteiger partial charge in [-0.15, -0.1) is 14.5 Å². The molecule has 0 aliphatic heterocycles. The SMILES string of the molecule is O=S(=O)(O)c1cc(-n2ncc(-c3ccccc3)n2)ccc1C=Cc1ccc(-n2ncc(-c3ccccc3)n2)cc1OOOS. The lowest BCUT2D eigenvalue weighted by Crippen LogP contribution is -2.05. The first-order chi connectivity index (χ1) is 21.4. The maximum atomic E-state index is 12.4. The highest BCUT2D eigenvalue weighted by Crippen LogP contribution is 2.28. The Morgan fingerprint density at radius 2 is 1.23 bits per heavy atom. The van der Waals surface area contributed by atoms with Gasteiger partial charge in [-0.1, -0.05) is 78.9 Å². The van der Waals surface area contributed by atoms with Crippen molar-refractivity contribution in [2.45, 2.75) is 4.90 Å². The summed E-state index contributed by atoms with van der Waals surface area (Å²) in [5.41, 5.74) is 4.60. The van der Waals surface area contributed by atoms with E-state index >= 15 is 0 Å². The normalized spacial score (nSPS) is 11.7. The molecule has 6 aromatic rings. The van der Waals surface area contributed by atoms with Gasteiger partial charge >= 0.3 is 0 Å². The number of thiol groups is 1. The molecule has 0 aliphatic carbocycles. The third-order valence-electron chi connectivity index (χ3n) is 6.45. The van der Waals surface area contributed by atoms with Crippen LogP contribution in [-0.4, -0.2) is 43.0 Å². The minimum atomic E-state index is -4.63. The van der Waals surface area contributed by atoms with Crippen molar-refractivity contribution < 1.29 is 27.2 Å². The van der Waals surface area contributed by atoms with Gasteiger partial charge in [0.05, 0.1) is 23.8 Å². The van der Waals surface area contributed by atoms with E-state index in [4.69, 9.17) is 4.89 Å². The zero-order valence-corrected chi connectivity index (χ0v) is 24.3. The lowest BCUT2D eigenvalue weighted by molar-refractivity contribution is -0.402. The molecule has 12 nitrogen and oxygen atoms in total. The Hall–Kier alpha value is -5.12. The zero-order valence-electron chi connectivity index (χ0n) is 22.6. The molecule has 6 rings (SSSR count). The Balaban J connectivity index is 1.31. The summed E-state index contributed by atoms with van der Waals surface area (Å²) in [7, 11) is -4.63. The van der Waals surface area contributed by atoms with E-state index in [1.807, 2.05) is 60.7 Å². The van der Waals surface area contributed by atoms with Gasteiger partial charge in [0.1, 0.15) is 16.3 Å². The van der Waals surface area contributed by atoms with Crippen LogP contribution in [0.25, 0.3) is 46.0 Å². The van der Waals surface area contributed by atoms with Crippen LogP contribution in [-0.2, 0) is 19.5 Å². The molecular weight excluding hydrogens is 605 g/mol. The first-order valence-electron chi connectivity index (χ1n) is 12.9. The van der Waals surface area contributed by atoms with E-state index in [-0.39, 0.29) is 16.2 Å². The van der Waals surface area contributed by atoms with Crippen LogP contribution in [0.2, 0.25) is 0 Å². The van der Waals surface area contributed by atoms with Crippen LogP contribution in [0.1, 0.15) is 11.1 Å². The molecule has 2 heterocycles. The summed E-state index contributed by atoms with van der Waals surface area (Å²) in [5, 5.41) is 22.1. The van der Waals surface area contributed by atoms with Crippen LogP contribution < -0.4 is 4.89 Å². The van der Waals surface area contributed by atoms with Crippen LogP contribution >= 0.6 is 12.9 Å². The monoisotopic (exact) mass is 626 g/mol. The summed E-state index contributed by atoms with van der Waals surface area (Å²) < 4.78 is 39.1. The van der Waals surface area contributed by atoms with E-state index in [0.717, 1.165) is 11.1 Å². The van der Waals surface area contributed by atoms with Gasteiger partial charge < -0.3 is 4.89 Å². The van der Waals surface area contributed by atoms with E-state index in [0.29, 0.717) is 28.3 Å². The quantitative estimate of drug-likeness (QED) is 0.0486. The Morgan fingerprint density at radius 3 is 1.77 bits per heavy atom. The van der Waals surface area contributed by atoms with Gasteiger partial charge in [0.25, 0.3) is 10.1 Å². The third kappa shape index (κ3) is 6.44. The maximum Gasteiger partial charge on any atom is 0.295 e. The van der Waals surface area contributed by atoms with Gasteiger partial charge in [-0.2, -0.15) is 28.2 Å². The lowest BCUT2D eigenvalue weighted by Gasteiger charge is -2.09. The molecule has 0 radical (unpaired) electrons. The molecule has 0 atom stereocenters. The van der Waals surface area contributed by atoms with E-state index in [1.54, 1.807) is 42.7 Å². The van der Waals surface area contributed by atoms with Gasteiger partial charge in [-0.05, 0) is 34.9 Å². The summed E-state index contributed by atoms with van der Waals surface area (Å²) in [5.74, 6) is 0.186. The molecule has 0 unspecified atom stereocenters. The molecule has 0 fully saturated rings.